The highest BCUT2D eigenvalue weighted by atomic mass is 16.1. The zero-order valence-electron chi connectivity index (χ0n) is 16.6. The van der Waals surface area contributed by atoms with Crippen LogP contribution >= 0.6 is 0 Å². The molecule has 0 atom stereocenters. The first kappa shape index (κ1) is 19.5. The second-order valence-electron chi connectivity index (χ2n) is 7.30. The lowest BCUT2D eigenvalue weighted by Gasteiger charge is -2.28. The molecule has 0 unspecified atom stereocenters. The van der Waals surface area contributed by atoms with Gasteiger partial charge in [0.25, 0.3) is 5.91 Å². The van der Waals surface area contributed by atoms with Crippen LogP contribution in [0.2, 0.25) is 0 Å². The highest BCUT2D eigenvalue weighted by molar-refractivity contribution is 6.03. The summed E-state index contributed by atoms with van der Waals surface area (Å²) in [6.45, 7) is 2.24. The smallest absolute Gasteiger partial charge is 0.274 e. The zero-order chi connectivity index (χ0) is 20.8. The van der Waals surface area contributed by atoms with Crippen molar-refractivity contribution in [3.8, 4) is 6.07 Å². The number of carbonyl (C=O) groups excluding carboxylic acids is 1. The molecule has 1 amide bonds. The van der Waals surface area contributed by atoms with Crippen LogP contribution in [-0.2, 0) is 0 Å². The Balaban J connectivity index is 1.42. The summed E-state index contributed by atoms with van der Waals surface area (Å²) in [6, 6.07) is 20.8. The Hall–Kier alpha value is -3.85. The number of hydrogen-bond acceptors (Lipinski definition) is 5. The summed E-state index contributed by atoms with van der Waals surface area (Å²) in [4.78, 5) is 19.1. The molecule has 0 aliphatic carbocycles. The monoisotopic (exact) mass is 397 g/mol. The van der Waals surface area contributed by atoms with Gasteiger partial charge < -0.3 is 15.5 Å². The number of nitriles is 1. The lowest BCUT2D eigenvalue weighted by Crippen LogP contribution is -2.29. The minimum absolute atomic E-state index is 0.298. The van der Waals surface area contributed by atoms with Gasteiger partial charge in [-0.3, -0.25) is 9.78 Å². The summed E-state index contributed by atoms with van der Waals surface area (Å²) >= 11 is 0. The van der Waals surface area contributed by atoms with Crippen LogP contribution in [0.5, 0.6) is 0 Å². The molecule has 4 rings (SSSR count). The zero-order valence-corrected chi connectivity index (χ0v) is 16.6. The Morgan fingerprint density at radius 1 is 0.933 bits per heavy atom. The molecular weight excluding hydrogens is 374 g/mol. The van der Waals surface area contributed by atoms with Crippen molar-refractivity contribution in [2.45, 2.75) is 19.3 Å². The number of hydrogen-bond donors (Lipinski definition) is 2. The van der Waals surface area contributed by atoms with Gasteiger partial charge in [0.2, 0.25) is 0 Å². The highest BCUT2D eigenvalue weighted by Crippen LogP contribution is 2.24. The fourth-order valence-electron chi connectivity index (χ4n) is 3.57. The molecule has 6 heteroatoms. The number of piperidine rings is 1. The normalized spacial score (nSPS) is 13.4. The molecule has 6 nitrogen and oxygen atoms in total. The van der Waals surface area contributed by atoms with Crippen LogP contribution in [0.15, 0.2) is 66.9 Å². The van der Waals surface area contributed by atoms with Crippen molar-refractivity contribution in [1.82, 2.24) is 4.98 Å². The van der Waals surface area contributed by atoms with Crippen molar-refractivity contribution in [3.05, 3.63) is 78.1 Å². The number of amides is 1. The van der Waals surface area contributed by atoms with Crippen molar-refractivity contribution in [1.29, 1.82) is 5.26 Å². The minimum Gasteiger partial charge on any atom is -0.372 e. The number of pyridine rings is 1. The number of rotatable bonds is 5. The largest absolute Gasteiger partial charge is 0.372 e. The van der Waals surface area contributed by atoms with Crippen LogP contribution in [0.3, 0.4) is 0 Å². The summed E-state index contributed by atoms with van der Waals surface area (Å²) in [7, 11) is 0. The molecule has 1 aromatic heterocycles. The van der Waals surface area contributed by atoms with Crippen molar-refractivity contribution >= 4 is 28.7 Å². The lowest BCUT2D eigenvalue weighted by molar-refractivity contribution is 0.102. The standard InChI is InChI=1S/C24H23N5O/c25-17-18-5-4-6-20(15-18)28-24(30)23-16-21(11-12-26-23)27-19-7-9-22(10-8-19)29-13-2-1-3-14-29/h4-12,15-16H,1-3,13-14H2,(H,26,27)(H,28,30). The van der Waals surface area contributed by atoms with E-state index in [1.165, 1.54) is 24.9 Å². The van der Waals surface area contributed by atoms with Gasteiger partial charge in [-0.2, -0.15) is 5.26 Å². The van der Waals surface area contributed by atoms with Crippen LogP contribution in [0.4, 0.5) is 22.7 Å². The molecule has 2 heterocycles. The summed E-state index contributed by atoms with van der Waals surface area (Å²) in [6.07, 6.45) is 5.42. The van der Waals surface area contributed by atoms with Crippen molar-refractivity contribution in [3.63, 3.8) is 0 Å². The number of benzene rings is 2. The molecule has 1 saturated heterocycles. The van der Waals surface area contributed by atoms with Gasteiger partial charge in [-0.25, -0.2) is 0 Å². The number of carbonyl (C=O) groups is 1. The predicted octanol–water partition coefficient (Wildman–Crippen LogP) is 4.94. The van der Waals surface area contributed by atoms with Crippen LogP contribution in [0.1, 0.15) is 35.3 Å². The molecule has 0 radical (unpaired) electrons. The molecule has 150 valence electrons. The van der Waals surface area contributed by atoms with E-state index in [1.54, 1.807) is 36.5 Å². The molecule has 1 aliphatic heterocycles. The molecule has 2 N–H and O–H groups in total. The third kappa shape index (κ3) is 4.76. The van der Waals surface area contributed by atoms with E-state index in [0.29, 0.717) is 16.9 Å². The first-order valence-corrected chi connectivity index (χ1v) is 10.1. The first-order valence-electron chi connectivity index (χ1n) is 10.1. The van der Waals surface area contributed by atoms with Crippen molar-refractivity contribution in [2.75, 3.05) is 28.6 Å². The number of nitrogens with zero attached hydrogens (tertiary/aromatic N) is 3. The highest BCUT2D eigenvalue weighted by Gasteiger charge is 2.11. The van der Waals surface area contributed by atoms with Gasteiger partial charge in [-0.15, -0.1) is 0 Å². The van der Waals surface area contributed by atoms with Crippen LogP contribution in [-0.4, -0.2) is 24.0 Å². The summed E-state index contributed by atoms with van der Waals surface area (Å²) in [5, 5.41) is 15.1. The van der Waals surface area contributed by atoms with Crippen molar-refractivity contribution in [2.24, 2.45) is 0 Å². The molecular formula is C24H23N5O. The van der Waals surface area contributed by atoms with Gasteiger partial charge >= 0.3 is 0 Å². The average molecular weight is 397 g/mol. The minimum atomic E-state index is -0.325. The Bertz CT molecular complexity index is 1070. The topological polar surface area (TPSA) is 81.0 Å². The molecule has 0 spiro atoms. The van der Waals surface area contributed by atoms with Gasteiger partial charge in [0, 0.05) is 42.0 Å². The molecule has 2 aromatic carbocycles. The SMILES string of the molecule is N#Cc1cccc(NC(=O)c2cc(Nc3ccc(N4CCCCC4)cc3)ccn2)c1. The van der Waals surface area contributed by atoms with Gasteiger partial charge in [0.1, 0.15) is 5.69 Å². The molecule has 1 aliphatic rings. The average Bonchev–Trinajstić information content (AvgIpc) is 2.80. The third-order valence-corrected chi connectivity index (χ3v) is 5.12. The van der Waals surface area contributed by atoms with E-state index in [9.17, 15) is 4.79 Å². The number of anilines is 4. The van der Waals surface area contributed by atoms with Crippen LogP contribution < -0.4 is 15.5 Å². The second-order valence-corrected chi connectivity index (χ2v) is 7.30. The fourth-order valence-corrected chi connectivity index (χ4v) is 3.57. The van der Waals surface area contributed by atoms with Gasteiger partial charge in [-0.1, -0.05) is 6.07 Å². The third-order valence-electron chi connectivity index (χ3n) is 5.12. The second kappa shape index (κ2) is 9.10. The molecule has 1 fully saturated rings. The summed E-state index contributed by atoms with van der Waals surface area (Å²) < 4.78 is 0. The Morgan fingerprint density at radius 2 is 1.73 bits per heavy atom. The quantitative estimate of drug-likeness (QED) is 0.637. The van der Waals surface area contributed by atoms with E-state index in [4.69, 9.17) is 5.26 Å². The van der Waals surface area contributed by atoms with E-state index < -0.39 is 0 Å². The lowest BCUT2D eigenvalue weighted by atomic mass is 10.1. The molecule has 0 bridgehead atoms. The number of nitrogens with one attached hydrogen (secondary N) is 2. The molecule has 3 aromatic rings. The van der Waals surface area contributed by atoms with Gasteiger partial charge in [0.15, 0.2) is 0 Å². The first-order chi connectivity index (χ1) is 14.7. The van der Waals surface area contributed by atoms with Crippen LogP contribution in [0, 0.1) is 11.3 Å². The molecule has 0 saturated carbocycles. The van der Waals surface area contributed by atoms with Gasteiger partial charge in [0.05, 0.1) is 11.6 Å². The molecule has 30 heavy (non-hydrogen) atoms. The van der Waals surface area contributed by atoms with E-state index >= 15 is 0 Å². The summed E-state index contributed by atoms with van der Waals surface area (Å²) in [5.74, 6) is -0.325. The predicted molar refractivity (Wildman–Crippen MR) is 119 cm³/mol. The van der Waals surface area contributed by atoms with Crippen LogP contribution in [0.25, 0.3) is 0 Å². The Labute approximate surface area is 176 Å². The Morgan fingerprint density at radius 3 is 2.50 bits per heavy atom. The maximum atomic E-state index is 12.5. The van der Waals surface area contributed by atoms with Crippen molar-refractivity contribution < 1.29 is 4.79 Å². The van der Waals surface area contributed by atoms with E-state index in [0.717, 1.165) is 24.5 Å². The van der Waals surface area contributed by atoms with E-state index in [-0.39, 0.29) is 5.91 Å². The van der Waals surface area contributed by atoms with E-state index in [1.807, 2.05) is 6.07 Å². The summed E-state index contributed by atoms with van der Waals surface area (Å²) in [5.41, 5.74) is 4.33. The maximum absolute atomic E-state index is 12.5. The van der Waals surface area contributed by atoms with E-state index in [2.05, 4.69) is 50.9 Å². The fraction of sp³-hybridized carbons (Fsp3) is 0.208. The Kier molecular flexibility index (Phi) is 5.90. The van der Waals surface area contributed by atoms with Gasteiger partial charge in [-0.05, 0) is 73.9 Å². The maximum Gasteiger partial charge on any atom is 0.274 e. The number of aromatic nitrogens is 1.